The van der Waals surface area contributed by atoms with E-state index in [1.54, 1.807) is 52.1 Å². The summed E-state index contributed by atoms with van der Waals surface area (Å²) >= 11 is 0. The third kappa shape index (κ3) is 8.33. The normalized spacial score (nSPS) is 12.7. The molecule has 0 fully saturated rings. The highest BCUT2D eigenvalue weighted by atomic mass is 16.6. The average molecular weight is 562 g/mol. The first-order valence-corrected chi connectivity index (χ1v) is 13.3. The SMILES string of the molecule is C.COc1ccc(COC(=O)[C@H](CCC(=O)OC(C)(C)C)NC(=O)OCC2c3ccccc3-c3ccccc32)cc1. The second-order valence-corrected chi connectivity index (χ2v) is 10.6. The Morgan fingerprint density at radius 1 is 0.854 bits per heavy atom. The number of carbonyl (C=O) groups is 3. The van der Waals surface area contributed by atoms with E-state index in [9.17, 15) is 14.4 Å². The number of carbonyl (C=O) groups excluding carboxylic acids is 3. The largest absolute Gasteiger partial charge is 0.497 e. The Hall–Kier alpha value is -4.33. The molecule has 41 heavy (non-hydrogen) atoms. The van der Waals surface area contributed by atoms with Crippen LogP contribution in [0, 0.1) is 0 Å². The van der Waals surface area contributed by atoms with E-state index in [1.165, 1.54) is 0 Å². The third-order valence-electron chi connectivity index (χ3n) is 6.52. The second-order valence-electron chi connectivity index (χ2n) is 10.6. The van der Waals surface area contributed by atoms with E-state index >= 15 is 0 Å². The van der Waals surface area contributed by atoms with Crippen molar-refractivity contribution in [2.75, 3.05) is 13.7 Å². The van der Waals surface area contributed by atoms with Crippen molar-refractivity contribution in [3.05, 3.63) is 89.5 Å². The highest BCUT2D eigenvalue weighted by Gasteiger charge is 2.30. The molecule has 3 aromatic carbocycles. The fourth-order valence-electron chi connectivity index (χ4n) is 4.66. The number of hydrogen-bond acceptors (Lipinski definition) is 7. The Morgan fingerprint density at radius 2 is 1.44 bits per heavy atom. The first-order chi connectivity index (χ1) is 19.1. The summed E-state index contributed by atoms with van der Waals surface area (Å²) in [6.07, 6.45) is -0.846. The van der Waals surface area contributed by atoms with Gasteiger partial charge in [-0.2, -0.15) is 0 Å². The first-order valence-electron chi connectivity index (χ1n) is 13.3. The summed E-state index contributed by atoms with van der Waals surface area (Å²) in [5.41, 5.74) is 4.48. The van der Waals surface area contributed by atoms with Crippen molar-refractivity contribution >= 4 is 18.0 Å². The number of alkyl carbamates (subject to hydrolysis) is 1. The molecule has 0 saturated heterocycles. The topological polar surface area (TPSA) is 100 Å². The maximum absolute atomic E-state index is 13.0. The molecule has 0 heterocycles. The number of amides is 1. The summed E-state index contributed by atoms with van der Waals surface area (Å²) < 4.78 is 21.6. The van der Waals surface area contributed by atoms with Gasteiger partial charge in [0.25, 0.3) is 0 Å². The van der Waals surface area contributed by atoms with Gasteiger partial charge in [0.15, 0.2) is 0 Å². The van der Waals surface area contributed by atoms with Crippen molar-refractivity contribution in [3.63, 3.8) is 0 Å². The fraction of sp³-hybridized carbons (Fsp3) is 0.364. The summed E-state index contributed by atoms with van der Waals surface area (Å²) in [6.45, 7) is 5.39. The molecule has 0 saturated carbocycles. The van der Waals surface area contributed by atoms with E-state index in [0.717, 1.165) is 27.8 Å². The van der Waals surface area contributed by atoms with Crippen LogP contribution in [0.1, 0.15) is 63.6 Å². The Bertz CT molecular complexity index is 1300. The number of benzene rings is 3. The molecule has 1 atom stereocenters. The first kappa shape index (κ1) is 31.2. The predicted molar refractivity (Wildman–Crippen MR) is 157 cm³/mol. The molecule has 1 aliphatic rings. The highest BCUT2D eigenvalue weighted by Crippen LogP contribution is 2.44. The van der Waals surface area contributed by atoms with Crippen LogP contribution in [0.4, 0.5) is 4.79 Å². The van der Waals surface area contributed by atoms with Gasteiger partial charge in [-0.3, -0.25) is 4.79 Å². The minimum Gasteiger partial charge on any atom is -0.497 e. The maximum Gasteiger partial charge on any atom is 0.407 e. The summed E-state index contributed by atoms with van der Waals surface area (Å²) in [5, 5.41) is 2.60. The van der Waals surface area contributed by atoms with Crippen molar-refractivity contribution < 1.29 is 33.3 Å². The van der Waals surface area contributed by atoms with Crippen LogP contribution < -0.4 is 10.1 Å². The number of nitrogens with one attached hydrogen (secondary N) is 1. The number of rotatable bonds is 10. The van der Waals surface area contributed by atoms with E-state index in [4.69, 9.17) is 18.9 Å². The lowest BCUT2D eigenvalue weighted by Gasteiger charge is -2.21. The van der Waals surface area contributed by atoms with Crippen LogP contribution in [0.2, 0.25) is 0 Å². The predicted octanol–water partition coefficient (Wildman–Crippen LogP) is 6.40. The van der Waals surface area contributed by atoms with Crippen molar-refractivity contribution in [2.24, 2.45) is 0 Å². The summed E-state index contributed by atoms with van der Waals surface area (Å²) in [4.78, 5) is 38.2. The zero-order valence-corrected chi connectivity index (χ0v) is 23.3. The average Bonchev–Trinajstić information content (AvgIpc) is 3.25. The molecule has 0 aliphatic heterocycles. The van der Waals surface area contributed by atoms with E-state index < -0.39 is 29.7 Å². The molecule has 1 N–H and O–H groups in total. The van der Waals surface area contributed by atoms with Gasteiger partial charge in [-0.15, -0.1) is 0 Å². The van der Waals surface area contributed by atoms with Crippen LogP contribution in [0.5, 0.6) is 5.75 Å². The van der Waals surface area contributed by atoms with Crippen LogP contribution in [0.25, 0.3) is 11.1 Å². The van der Waals surface area contributed by atoms with Gasteiger partial charge in [0.1, 0.15) is 30.6 Å². The van der Waals surface area contributed by atoms with Gasteiger partial charge >= 0.3 is 18.0 Å². The molecule has 8 heteroatoms. The standard InChI is InChI=1S/C32H35NO7.CH4/c1-32(2,3)40-29(34)18-17-28(30(35)38-19-21-13-15-22(37-4)16-14-21)33-31(36)39-20-27-25-11-7-5-9-23(25)24-10-6-8-12-26(24)27;/h5-16,27-28H,17-20H2,1-4H3,(H,33,36);1H4/t28-;/m0./s1. The summed E-state index contributed by atoms with van der Waals surface area (Å²) in [5.74, 6) is -0.592. The molecule has 218 valence electrons. The zero-order valence-electron chi connectivity index (χ0n) is 23.3. The maximum atomic E-state index is 13.0. The van der Waals surface area contributed by atoms with Crippen molar-refractivity contribution in [2.45, 2.75) is 65.2 Å². The molecule has 0 bridgehead atoms. The quantitative estimate of drug-likeness (QED) is 0.226. The van der Waals surface area contributed by atoms with E-state index in [2.05, 4.69) is 17.4 Å². The molecule has 1 aliphatic carbocycles. The molecule has 0 unspecified atom stereocenters. The number of hydrogen-bond donors (Lipinski definition) is 1. The number of fused-ring (bicyclic) bond motifs is 3. The molecule has 0 radical (unpaired) electrons. The lowest BCUT2D eigenvalue weighted by molar-refractivity contribution is -0.155. The van der Waals surface area contributed by atoms with Gasteiger partial charge in [0, 0.05) is 12.3 Å². The Morgan fingerprint density at radius 3 is 2.00 bits per heavy atom. The third-order valence-corrected chi connectivity index (χ3v) is 6.52. The van der Waals surface area contributed by atoms with Gasteiger partial charge in [0.05, 0.1) is 7.11 Å². The molecule has 8 nitrogen and oxygen atoms in total. The van der Waals surface area contributed by atoms with Crippen LogP contribution in [0.3, 0.4) is 0 Å². The molecule has 3 aromatic rings. The number of esters is 2. The van der Waals surface area contributed by atoms with Crippen molar-refractivity contribution in [1.29, 1.82) is 0 Å². The van der Waals surface area contributed by atoms with Gasteiger partial charge in [-0.05, 0) is 67.1 Å². The van der Waals surface area contributed by atoms with Crippen LogP contribution >= 0.6 is 0 Å². The summed E-state index contributed by atoms with van der Waals surface area (Å²) in [6, 6.07) is 22.0. The Labute approximate surface area is 242 Å². The number of ether oxygens (including phenoxy) is 4. The molecule has 1 amide bonds. The van der Waals surface area contributed by atoms with E-state index in [1.807, 2.05) is 36.4 Å². The Kier molecular flexibility index (Phi) is 10.5. The smallest absolute Gasteiger partial charge is 0.407 e. The van der Waals surface area contributed by atoms with E-state index in [0.29, 0.717) is 5.75 Å². The van der Waals surface area contributed by atoms with Gasteiger partial charge < -0.3 is 24.3 Å². The Balaban J connectivity index is 0.00000462. The van der Waals surface area contributed by atoms with E-state index in [-0.39, 0.29) is 39.4 Å². The molecular formula is C33H39NO7. The number of methoxy groups -OCH3 is 1. The van der Waals surface area contributed by atoms with Crippen LogP contribution in [-0.2, 0) is 30.4 Å². The summed E-state index contributed by atoms with van der Waals surface area (Å²) in [7, 11) is 1.57. The van der Waals surface area contributed by atoms with Gasteiger partial charge in [-0.25, -0.2) is 9.59 Å². The van der Waals surface area contributed by atoms with Crippen molar-refractivity contribution in [3.8, 4) is 16.9 Å². The highest BCUT2D eigenvalue weighted by molar-refractivity contribution is 5.83. The molecule has 4 rings (SSSR count). The molecular weight excluding hydrogens is 522 g/mol. The van der Waals surface area contributed by atoms with Crippen LogP contribution in [0.15, 0.2) is 72.8 Å². The van der Waals surface area contributed by atoms with Gasteiger partial charge in [-0.1, -0.05) is 68.1 Å². The van der Waals surface area contributed by atoms with Crippen LogP contribution in [-0.4, -0.2) is 43.4 Å². The minimum atomic E-state index is -1.10. The lowest BCUT2D eigenvalue weighted by Crippen LogP contribution is -2.43. The molecule has 0 spiro atoms. The van der Waals surface area contributed by atoms with Crippen molar-refractivity contribution in [1.82, 2.24) is 5.32 Å². The minimum absolute atomic E-state index is 0. The molecule has 0 aromatic heterocycles. The fourth-order valence-corrected chi connectivity index (χ4v) is 4.66. The second kappa shape index (κ2) is 13.8. The van der Waals surface area contributed by atoms with Gasteiger partial charge in [0.2, 0.25) is 0 Å². The lowest BCUT2D eigenvalue weighted by atomic mass is 9.98. The zero-order chi connectivity index (χ0) is 28.7. The monoisotopic (exact) mass is 561 g/mol.